The van der Waals surface area contributed by atoms with E-state index in [1.54, 1.807) is 12.1 Å². The molecule has 3 rings (SSSR count). The van der Waals surface area contributed by atoms with Crippen LogP contribution >= 0.6 is 0 Å². The Bertz CT molecular complexity index is 1150. The number of rotatable bonds is 6. The van der Waals surface area contributed by atoms with Crippen molar-refractivity contribution < 1.29 is 28.2 Å². The molecule has 1 unspecified atom stereocenters. The zero-order valence-corrected chi connectivity index (χ0v) is 15.0. The number of halogens is 2. The van der Waals surface area contributed by atoms with Gasteiger partial charge in [-0.3, -0.25) is 9.59 Å². The second-order valence-electron chi connectivity index (χ2n) is 5.99. The lowest BCUT2D eigenvalue weighted by molar-refractivity contribution is -0.119. The molecule has 0 aliphatic heterocycles. The molecule has 10 heteroatoms. The van der Waals surface area contributed by atoms with Crippen molar-refractivity contribution in [2.45, 2.75) is 19.6 Å². The summed E-state index contributed by atoms with van der Waals surface area (Å²) in [5.41, 5.74) is -1.08. The van der Waals surface area contributed by atoms with E-state index in [1.807, 2.05) is 0 Å². The summed E-state index contributed by atoms with van der Waals surface area (Å²) in [6, 6.07) is 10.3. The summed E-state index contributed by atoms with van der Waals surface area (Å²) in [6.07, 6.45) is 0. The summed E-state index contributed by atoms with van der Waals surface area (Å²) in [4.78, 5) is 36.9. The minimum Gasteiger partial charge on any atom is -0.476 e. The van der Waals surface area contributed by atoms with Crippen molar-refractivity contribution in [3.63, 3.8) is 0 Å². The van der Waals surface area contributed by atoms with Gasteiger partial charge in [-0.25, -0.2) is 9.48 Å². The van der Waals surface area contributed by atoms with E-state index in [1.165, 1.54) is 43.3 Å². The van der Waals surface area contributed by atoms with Crippen LogP contribution in [0.2, 0.25) is 0 Å². The van der Waals surface area contributed by atoms with E-state index in [0.29, 0.717) is 0 Å². The number of hydrogen-bond donors (Lipinski definition) is 2. The van der Waals surface area contributed by atoms with E-state index < -0.39 is 30.1 Å². The minimum absolute atomic E-state index is 0.0306. The van der Waals surface area contributed by atoms with Crippen LogP contribution in [0.1, 0.15) is 23.5 Å². The number of carbonyl (C=O) groups excluding carboxylic acids is 1. The third-order valence-corrected chi connectivity index (χ3v) is 4.14. The maximum absolute atomic E-state index is 12.7. The van der Waals surface area contributed by atoms with E-state index in [9.17, 15) is 28.3 Å². The molecule has 29 heavy (non-hydrogen) atoms. The molecule has 1 atom stereocenters. The average molecular weight is 403 g/mol. The van der Waals surface area contributed by atoms with E-state index in [4.69, 9.17) is 0 Å². The number of carboxylic acids is 1. The number of nitrogens with zero attached hydrogens (tertiary/aromatic N) is 2. The second kappa shape index (κ2) is 8.05. The first-order chi connectivity index (χ1) is 13.8. The Kier molecular flexibility index (Phi) is 5.53. The minimum atomic E-state index is -3.09. The van der Waals surface area contributed by atoms with Gasteiger partial charge in [-0.2, -0.15) is 13.9 Å². The number of hydrogen-bond acceptors (Lipinski definition) is 5. The first-order valence-corrected chi connectivity index (χ1v) is 8.39. The van der Waals surface area contributed by atoms with Gasteiger partial charge < -0.3 is 15.2 Å². The van der Waals surface area contributed by atoms with Gasteiger partial charge >= 0.3 is 12.6 Å². The van der Waals surface area contributed by atoms with Crippen molar-refractivity contribution in [3.8, 4) is 5.75 Å². The molecule has 0 bridgehead atoms. The van der Waals surface area contributed by atoms with Crippen LogP contribution < -0.4 is 15.6 Å². The van der Waals surface area contributed by atoms with Gasteiger partial charge in [0.1, 0.15) is 11.8 Å². The predicted octanol–water partition coefficient (Wildman–Crippen LogP) is 2.90. The quantitative estimate of drug-likeness (QED) is 0.655. The number of ether oxygens (including phenoxy) is 1. The molecule has 8 nitrogen and oxygen atoms in total. The fourth-order valence-electron chi connectivity index (χ4n) is 2.74. The van der Waals surface area contributed by atoms with Gasteiger partial charge in [-0.1, -0.05) is 30.3 Å². The molecule has 0 aliphatic carbocycles. The summed E-state index contributed by atoms with van der Waals surface area (Å²) in [5, 5.41) is 15.9. The highest BCUT2D eigenvalue weighted by atomic mass is 19.3. The molecule has 0 radical (unpaired) electrons. The van der Waals surface area contributed by atoms with Gasteiger partial charge in [-0.05, 0) is 25.1 Å². The first-order valence-electron chi connectivity index (χ1n) is 8.39. The van der Waals surface area contributed by atoms with Gasteiger partial charge in [0.15, 0.2) is 5.69 Å². The molecular weight excluding hydrogens is 388 g/mol. The normalized spacial score (nSPS) is 12.0. The molecule has 2 N–H and O–H groups in total. The molecule has 0 saturated carbocycles. The lowest BCUT2D eigenvalue weighted by atomic mass is 10.1. The summed E-state index contributed by atoms with van der Waals surface area (Å²) in [7, 11) is 0. The van der Waals surface area contributed by atoms with E-state index in [-0.39, 0.29) is 27.9 Å². The molecular formula is C19H15F2N3O5. The number of amides is 1. The standard InChI is InChI=1S/C19H15F2N3O5/c1-10(16(25)22-13-8-4-5-9-14(13)29-19(20)21)24-17(26)12-7-3-2-6-11(12)15(23-24)18(27)28/h2-10,19H,1H3,(H,22,25)(H,27,28). The maximum Gasteiger partial charge on any atom is 0.387 e. The first kappa shape index (κ1) is 19.9. The molecule has 1 heterocycles. The van der Waals surface area contributed by atoms with Crippen LogP contribution in [0.4, 0.5) is 14.5 Å². The lowest BCUT2D eigenvalue weighted by Crippen LogP contribution is -2.35. The summed E-state index contributed by atoms with van der Waals surface area (Å²) >= 11 is 0. The number of alkyl halides is 2. The molecule has 2 aromatic carbocycles. The largest absolute Gasteiger partial charge is 0.476 e. The molecule has 0 fully saturated rings. The summed E-state index contributed by atoms with van der Waals surface area (Å²) in [6.45, 7) is -1.76. The second-order valence-corrected chi connectivity index (χ2v) is 5.99. The van der Waals surface area contributed by atoms with E-state index in [0.717, 1.165) is 4.68 Å². The molecule has 150 valence electrons. The zero-order chi connectivity index (χ0) is 21.1. The van der Waals surface area contributed by atoms with Gasteiger partial charge in [0.25, 0.3) is 5.56 Å². The number of carboxylic acid groups (broad SMARTS) is 1. The van der Waals surface area contributed by atoms with Crippen molar-refractivity contribution in [1.29, 1.82) is 0 Å². The highest BCUT2D eigenvalue weighted by Gasteiger charge is 2.23. The molecule has 0 aliphatic rings. The third kappa shape index (κ3) is 4.05. The van der Waals surface area contributed by atoms with Crippen molar-refractivity contribution >= 4 is 28.3 Å². The molecule has 0 spiro atoms. The number of benzene rings is 2. The van der Waals surface area contributed by atoms with Crippen molar-refractivity contribution in [2.75, 3.05) is 5.32 Å². The Balaban J connectivity index is 1.99. The van der Waals surface area contributed by atoms with Crippen LogP contribution in [0, 0.1) is 0 Å². The average Bonchev–Trinajstić information content (AvgIpc) is 2.68. The Morgan fingerprint density at radius 2 is 1.72 bits per heavy atom. The molecule has 3 aromatic rings. The highest BCUT2D eigenvalue weighted by Crippen LogP contribution is 2.26. The van der Waals surface area contributed by atoms with Gasteiger partial charge in [0, 0.05) is 5.39 Å². The smallest absolute Gasteiger partial charge is 0.387 e. The molecule has 1 aromatic heterocycles. The predicted molar refractivity (Wildman–Crippen MR) is 99.4 cm³/mol. The Morgan fingerprint density at radius 3 is 2.38 bits per heavy atom. The van der Waals surface area contributed by atoms with Crippen molar-refractivity contribution in [1.82, 2.24) is 9.78 Å². The van der Waals surface area contributed by atoms with Crippen LogP contribution in [0.3, 0.4) is 0 Å². The van der Waals surface area contributed by atoms with Crippen molar-refractivity contribution in [2.24, 2.45) is 0 Å². The number of nitrogens with one attached hydrogen (secondary N) is 1. The van der Waals surface area contributed by atoms with Gasteiger partial charge in [-0.15, -0.1) is 0 Å². The maximum atomic E-state index is 12.7. The number of para-hydroxylation sites is 2. The Hall–Kier alpha value is -3.82. The van der Waals surface area contributed by atoms with Gasteiger partial charge in [0.2, 0.25) is 5.91 Å². The number of fused-ring (bicyclic) bond motifs is 1. The topological polar surface area (TPSA) is 111 Å². The number of anilines is 1. The fraction of sp³-hybridized carbons (Fsp3) is 0.158. The van der Waals surface area contributed by atoms with Crippen LogP contribution in [-0.2, 0) is 4.79 Å². The fourth-order valence-corrected chi connectivity index (χ4v) is 2.74. The van der Waals surface area contributed by atoms with Crippen LogP contribution in [0.15, 0.2) is 53.3 Å². The van der Waals surface area contributed by atoms with Crippen molar-refractivity contribution in [3.05, 3.63) is 64.6 Å². The molecule has 0 saturated heterocycles. The SMILES string of the molecule is CC(C(=O)Nc1ccccc1OC(F)F)n1nc(C(=O)O)c2ccccc2c1=O. The summed E-state index contributed by atoms with van der Waals surface area (Å²) < 4.78 is 30.2. The molecule has 1 amide bonds. The van der Waals surface area contributed by atoms with E-state index in [2.05, 4.69) is 15.2 Å². The van der Waals surface area contributed by atoms with Crippen LogP contribution in [0.25, 0.3) is 10.8 Å². The van der Waals surface area contributed by atoms with Crippen LogP contribution in [-0.4, -0.2) is 33.4 Å². The highest BCUT2D eigenvalue weighted by molar-refractivity contribution is 6.01. The number of aromatic carboxylic acids is 1. The zero-order valence-electron chi connectivity index (χ0n) is 15.0. The number of aromatic nitrogens is 2. The lowest BCUT2D eigenvalue weighted by Gasteiger charge is -2.17. The third-order valence-electron chi connectivity index (χ3n) is 4.14. The van der Waals surface area contributed by atoms with E-state index >= 15 is 0 Å². The van der Waals surface area contributed by atoms with Crippen LogP contribution in [0.5, 0.6) is 5.75 Å². The number of carbonyl (C=O) groups is 2. The monoisotopic (exact) mass is 403 g/mol. The van der Waals surface area contributed by atoms with Gasteiger partial charge in [0.05, 0.1) is 11.1 Å². The Morgan fingerprint density at radius 1 is 1.10 bits per heavy atom. The summed E-state index contributed by atoms with van der Waals surface area (Å²) in [5.74, 6) is -2.39. The Labute approximate surface area is 162 Å².